The SMILES string of the molecule is O=c1cc(CN2CCCC(CO)C2)c2ccc(O)cc2o1. The molecule has 1 atom stereocenters. The summed E-state index contributed by atoms with van der Waals surface area (Å²) in [7, 11) is 0. The number of phenols is 1. The maximum atomic E-state index is 11.7. The first kappa shape index (κ1) is 14.1. The molecule has 0 bridgehead atoms. The minimum atomic E-state index is -0.404. The molecule has 0 aliphatic carbocycles. The number of hydrogen-bond donors (Lipinski definition) is 2. The van der Waals surface area contributed by atoms with E-state index in [-0.39, 0.29) is 12.4 Å². The van der Waals surface area contributed by atoms with E-state index in [1.54, 1.807) is 12.1 Å². The molecule has 5 nitrogen and oxygen atoms in total. The van der Waals surface area contributed by atoms with E-state index in [0.29, 0.717) is 18.0 Å². The fraction of sp³-hybridized carbons (Fsp3) is 0.438. The molecule has 0 radical (unpaired) electrons. The third-order valence-corrected chi connectivity index (χ3v) is 4.07. The number of aliphatic hydroxyl groups excluding tert-OH is 1. The molecule has 1 aromatic heterocycles. The Morgan fingerprint density at radius 2 is 2.19 bits per heavy atom. The molecular weight excluding hydrogens is 270 g/mol. The van der Waals surface area contributed by atoms with Crippen LogP contribution >= 0.6 is 0 Å². The largest absolute Gasteiger partial charge is 0.508 e. The molecule has 1 unspecified atom stereocenters. The minimum absolute atomic E-state index is 0.0844. The summed E-state index contributed by atoms with van der Waals surface area (Å²) in [6, 6.07) is 6.35. The van der Waals surface area contributed by atoms with Gasteiger partial charge >= 0.3 is 5.63 Å². The zero-order chi connectivity index (χ0) is 14.8. The number of aliphatic hydroxyl groups is 1. The van der Waals surface area contributed by atoms with E-state index in [2.05, 4.69) is 4.90 Å². The van der Waals surface area contributed by atoms with Crippen molar-refractivity contribution in [3.8, 4) is 5.75 Å². The number of likely N-dealkylation sites (tertiary alicyclic amines) is 1. The van der Waals surface area contributed by atoms with Gasteiger partial charge in [0.2, 0.25) is 0 Å². The van der Waals surface area contributed by atoms with Gasteiger partial charge < -0.3 is 14.6 Å². The van der Waals surface area contributed by atoms with Crippen molar-refractivity contribution in [1.29, 1.82) is 0 Å². The van der Waals surface area contributed by atoms with Crippen LogP contribution in [0.3, 0.4) is 0 Å². The van der Waals surface area contributed by atoms with Crippen molar-refractivity contribution in [2.45, 2.75) is 19.4 Å². The highest BCUT2D eigenvalue weighted by atomic mass is 16.4. The summed E-state index contributed by atoms with van der Waals surface area (Å²) >= 11 is 0. The van der Waals surface area contributed by atoms with E-state index in [9.17, 15) is 15.0 Å². The van der Waals surface area contributed by atoms with Crippen molar-refractivity contribution in [2.75, 3.05) is 19.7 Å². The molecule has 112 valence electrons. The third kappa shape index (κ3) is 3.09. The molecular formula is C16H19NO4. The lowest BCUT2D eigenvalue weighted by Gasteiger charge is -2.31. The summed E-state index contributed by atoms with van der Waals surface area (Å²) in [5.74, 6) is 0.398. The lowest BCUT2D eigenvalue weighted by atomic mass is 9.98. The van der Waals surface area contributed by atoms with Gasteiger partial charge in [-0.25, -0.2) is 4.79 Å². The summed E-state index contributed by atoms with van der Waals surface area (Å²) in [6.45, 7) is 2.68. The van der Waals surface area contributed by atoms with Crippen molar-refractivity contribution < 1.29 is 14.6 Å². The van der Waals surface area contributed by atoms with Gasteiger partial charge in [0.1, 0.15) is 11.3 Å². The second-order valence-corrected chi connectivity index (χ2v) is 5.70. The Bertz CT molecular complexity index is 694. The van der Waals surface area contributed by atoms with Gasteiger partial charge in [0.15, 0.2) is 0 Å². The van der Waals surface area contributed by atoms with Crippen LogP contribution in [0.2, 0.25) is 0 Å². The molecule has 1 aromatic carbocycles. The van der Waals surface area contributed by atoms with Gasteiger partial charge in [0.05, 0.1) is 0 Å². The van der Waals surface area contributed by atoms with Crippen LogP contribution in [-0.2, 0) is 6.54 Å². The Balaban J connectivity index is 1.91. The molecule has 1 fully saturated rings. The Labute approximate surface area is 122 Å². The molecule has 21 heavy (non-hydrogen) atoms. The van der Waals surface area contributed by atoms with Crippen molar-refractivity contribution in [3.05, 3.63) is 40.2 Å². The summed E-state index contributed by atoms with van der Waals surface area (Å²) in [4.78, 5) is 13.9. The lowest BCUT2D eigenvalue weighted by molar-refractivity contribution is 0.116. The van der Waals surface area contributed by atoms with Crippen molar-refractivity contribution in [3.63, 3.8) is 0 Å². The van der Waals surface area contributed by atoms with Gasteiger partial charge in [-0.05, 0) is 43.0 Å². The molecule has 1 saturated heterocycles. The van der Waals surface area contributed by atoms with Gasteiger partial charge in [0, 0.05) is 37.2 Å². The van der Waals surface area contributed by atoms with E-state index >= 15 is 0 Å². The maximum Gasteiger partial charge on any atom is 0.336 e. The highest BCUT2D eigenvalue weighted by Crippen LogP contribution is 2.24. The number of rotatable bonds is 3. The van der Waals surface area contributed by atoms with Gasteiger partial charge in [-0.1, -0.05) is 0 Å². The van der Waals surface area contributed by atoms with Crippen molar-refractivity contribution in [1.82, 2.24) is 4.90 Å². The van der Waals surface area contributed by atoms with Crippen LogP contribution in [0, 0.1) is 5.92 Å². The first-order valence-corrected chi connectivity index (χ1v) is 7.24. The minimum Gasteiger partial charge on any atom is -0.508 e. The fourth-order valence-electron chi connectivity index (χ4n) is 3.03. The normalized spacial score (nSPS) is 20.0. The summed E-state index contributed by atoms with van der Waals surface area (Å²) in [5.41, 5.74) is 0.909. The van der Waals surface area contributed by atoms with E-state index in [1.807, 2.05) is 0 Å². The molecule has 1 aliphatic heterocycles. The molecule has 5 heteroatoms. The summed E-state index contributed by atoms with van der Waals surface area (Å²) < 4.78 is 5.14. The van der Waals surface area contributed by atoms with Gasteiger partial charge in [-0.3, -0.25) is 4.90 Å². The van der Waals surface area contributed by atoms with Crippen LogP contribution in [-0.4, -0.2) is 34.8 Å². The second-order valence-electron chi connectivity index (χ2n) is 5.70. The molecule has 0 amide bonds. The van der Waals surface area contributed by atoms with Gasteiger partial charge in [0.25, 0.3) is 0 Å². The summed E-state index contributed by atoms with van der Waals surface area (Å²) in [6.07, 6.45) is 2.12. The molecule has 1 aliphatic rings. The second kappa shape index (κ2) is 5.87. The molecule has 2 heterocycles. The highest BCUT2D eigenvalue weighted by molar-refractivity contribution is 5.81. The smallest absolute Gasteiger partial charge is 0.336 e. The first-order chi connectivity index (χ1) is 10.2. The van der Waals surface area contributed by atoms with E-state index in [0.717, 1.165) is 36.9 Å². The van der Waals surface area contributed by atoms with Crippen LogP contribution in [0.25, 0.3) is 11.0 Å². The quantitative estimate of drug-likeness (QED) is 0.841. The number of hydrogen-bond acceptors (Lipinski definition) is 5. The predicted molar refractivity (Wildman–Crippen MR) is 79.2 cm³/mol. The third-order valence-electron chi connectivity index (χ3n) is 4.07. The maximum absolute atomic E-state index is 11.7. The monoisotopic (exact) mass is 289 g/mol. The number of piperidine rings is 1. The molecule has 0 spiro atoms. The Kier molecular flexibility index (Phi) is 3.94. The van der Waals surface area contributed by atoms with E-state index in [1.165, 1.54) is 12.1 Å². The number of nitrogens with zero attached hydrogens (tertiary/aromatic N) is 1. The Morgan fingerprint density at radius 3 is 3.00 bits per heavy atom. The molecule has 2 N–H and O–H groups in total. The molecule has 3 rings (SSSR count). The fourth-order valence-corrected chi connectivity index (χ4v) is 3.03. The van der Waals surface area contributed by atoms with Crippen LogP contribution < -0.4 is 5.63 Å². The first-order valence-electron chi connectivity index (χ1n) is 7.24. The molecule has 2 aromatic rings. The van der Waals surface area contributed by atoms with Crippen LogP contribution in [0.1, 0.15) is 18.4 Å². The zero-order valence-corrected chi connectivity index (χ0v) is 11.8. The van der Waals surface area contributed by atoms with Gasteiger partial charge in [-0.2, -0.15) is 0 Å². The number of phenolic OH excluding ortho intramolecular Hbond substituents is 1. The molecule has 0 saturated carbocycles. The zero-order valence-electron chi connectivity index (χ0n) is 11.8. The standard InChI is InChI=1S/C16H19NO4/c18-10-11-2-1-5-17(8-11)9-12-6-16(20)21-15-7-13(19)3-4-14(12)15/h3-4,6-7,11,18-19H,1-2,5,8-10H2. The van der Waals surface area contributed by atoms with Crippen LogP contribution in [0.15, 0.2) is 33.5 Å². The van der Waals surface area contributed by atoms with Gasteiger partial charge in [-0.15, -0.1) is 0 Å². The Hall–Kier alpha value is -1.85. The number of benzene rings is 1. The number of aromatic hydroxyl groups is 1. The lowest BCUT2D eigenvalue weighted by Crippen LogP contribution is -2.36. The average Bonchev–Trinajstić information content (AvgIpc) is 2.46. The predicted octanol–water partition coefficient (Wildman–Crippen LogP) is 1.70. The van der Waals surface area contributed by atoms with E-state index in [4.69, 9.17) is 4.42 Å². The summed E-state index contributed by atoms with van der Waals surface area (Å²) in [5, 5.41) is 19.6. The topological polar surface area (TPSA) is 73.9 Å². The number of fused-ring (bicyclic) bond motifs is 1. The van der Waals surface area contributed by atoms with Crippen LogP contribution in [0.4, 0.5) is 0 Å². The Morgan fingerprint density at radius 1 is 1.33 bits per heavy atom. The van der Waals surface area contributed by atoms with E-state index < -0.39 is 5.63 Å². The van der Waals surface area contributed by atoms with Crippen molar-refractivity contribution in [2.24, 2.45) is 5.92 Å². The van der Waals surface area contributed by atoms with Crippen LogP contribution in [0.5, 0.6) is 5.75 Å². The average molecular weight is 289 g/mol. The van der Waals surface area contributed by atoms with Crippen molar-refractivity contribution >= 4 is 11.0 Å². The highest BCUT2D eigenvalue weighted by Gasteiger charge is 2.20.